The van der Waals surface area contributed by atoms with Gasteiger partial charge in [-0.25, -0.2) is 9.59 Å². The summed E-state index contributed by atoms with van der Waals surface area (Å²) in [5, 5.41) is 12.5. The van der Waals surface area contributed by atoms with Gasteiger partial charge in [0.15, 0.2) is 0 Å². The Kier molecular flexibility index (Phi) is 5.19. The quantitative estimate of drug-likeness (QED) is 0.842. The number of nitrogens with zero attached hydrogens (tertiary/aromatic N) is 1. The molecule has 2 N–H and O–H groups in total. The van der Waals surface area contributed by atoms with Crippen molar-refractivity contribution in [3.05, 3.63) is 27.2 Å². The van der Waals surface area contributed by atoms with Gasteiger partial charge in [-0.05, 0) is 31.4 Å². The summed E-state index contributed by atoms with van der Waals surface area (Å²) in [6.45, 7) is 0.381. The third-order valence-corrected chi connectivity index (χ3v) is 4.10. The molecule has 5 nitrogen and oxygen atoms in total. The van der Waals surface area contributed by atoms with E-state index in [0.717, 1.165) is 12.8 Å². The Bertz CT molecular complexity index is 557. The lowest BCUT2D eigenvalue weighted by Gasteiger charge is -2.33. The summed E-state index contributed by atoms with van der Waals surface area (Å²) < 4.78 is 0. The van der Waals surface area contributed by atoms with Gasteiger partial charge in [0.25, 0.3) is 0 Å². The normalized spacial score (nSPS) is 18.4. The Morgan fingerprint density at radius 2 is 1.81 bits per heavy atom. The molecular weight excluding hydrogens is 339 g/mol. The number of hydrogen-bond donors (Lipinski definition) is 2. The molecule has 0 radical (unpaired) electrons. The highest BCUT2D eigenvalue weighted by molar-refractivity contribution is 6.42. The molecule has 1 saturated heterocycles. The van der Waals surface area contributed by atoms with E-state index in [9.17, 15) is 14.7 Å². The Morgan fingerprint density at radius 1 is 1.19 bits per heavy atom. The van der Waals surface area contributed by atoms with E-state index < -0.39 is 18.0 Å². The minimum atomic E-state index is -1.02. The maximum Gasteiger partial charge on any atom is 0.326 e. The van der Waals surface area contributed by atoms with Crippen LogP contribution in [0.3, 0.4) is 0 Å². The molecule has 1 fully saturated rings. The second-order valence-corrected chi connectivity index (χ2v) is 5.97. The van der Waals surface area contributed by atoms with Crippen molar-refractivity contribution in [3.63, 3.8) is 0 Å². The number of benzene rings is 1. The first kappa shape index (κ1) is 16.2. The number of halogens is 3. The molecule has 1 aliphatic rings. The minimum absolute atomic E-state index is 0.199. The van der Waals surface area contributed by atoms with E-state index in [0.29, 0.717) is 18.0 Å². The third kappa shape index (κ3) is 3.73. The Morgan fingerprint density at radius 3 is 2.38 bits per heavy atom. The SMILES string of the molecule is O=C(O)C1CCCCN1C(=O)Nc1c(Cl)cc(Cl)cc1Cl. The number of piperidine rings is 1. The fourth-order valence-electron chi connectivity index (χ4n) is 2.27. The topological polar surface area (TPSA) is 69.6 Å². The van der Waals surface area contributed by atoms with Crippen molar-refractivity contribution in [1.29, 1.82) is 0 Å². The highest BCUT2D eigenvalue weighted by atomic mass is 35.5. The fraction of sp³-hybridized carbons (Fsp3) is 0.385. The molecule has 0 saturated carbocycles. The first-order valence-electron chi connectivity index (χ1n) is 6.35. The monoisotopic (exact) mass is 350 g/mol. The molecule has 1 aromatic carbocycles. The van der Waals surface area contributed by atoms with Crippen LogP contribution in [0.4, 0.5) is 10.5 Å². The maximum absolute atomic E-state index is 12.3. The van der Waals surface area contributed by atoms with Gasteiger partial charge in [-0.2, -0.15) is 0 Å². The lowest BCUT2D eigenvalue weighted by Crippen LogP contribution is -2.49. The highest BCUT2D eigenvalue weighted by Gasteiger charge is 2.32. The summed E-state index contributed by atoms with van der Waals surface area (Å²) in [7, 11) is 0. The number of urea groups is 1. The number of likely N-dealkylation sites (tertiary alicyclic amines) is 1. The number of carbonyl (C=O) groups is 2. The predicted molar refractivity (Wildman–Crippen MR) is 82.5 cm³/mol. The molecule has 0 aliphatic carbocycles. The van der Waals surface area contributed by atoms with Crippen LogP contribution in [-0.4, -0.2) is 34.6 Å². The smallest absolute Gasteiger partial charge is 0.326 e. The molecule has 1 unspecified atom stereocenters. The first-order valence-corrected chi connectivity index (χ1v) is 7.48. The molecule has 2 rings (SSSR count). The summed E-state index contributed by atoms with van der Waals surface area (Å²) in [4.78, 5) is 24.8. The molecule has 1 aliphatic heterocycles. The van der Waals surface area contributed by atoms with Gasteiger partial charge in [0.1, 0.15) is 6.04 Å². The lowest BCUT2D eigenvalue weighted by molar-refractivity contribution is -0.143. The van der Waals surface area contributed by atoms with Crippen LogP contribution in [0.1, 0.15) is 19.3 Å². The molecule has 0 bridgehead atoms. The third-order valence-electron chi connectivity index (χ3n) is 3.29. The molecule has 1 aromatic rings. The molecule has 2 amide bonds. The van der Waals surface area contributed by atoms with Gasteiger partial charge < -0.3 is 15.3 Å². The molecule has 0 spiro atoms. The van der Waals surface area contributed by atoms with E-state index in [1.807, 2.05) is 0 Å². The molecule has 21 heavy (non-hydrogen) atoms. The largest absolute Gasteiger partial charge is 0.480 e. The average molecular weight is 352 g/mol. The molecule has 1 heterocycles. The van der Waals surface area contributed by atoms with Gasteiger partial charge >= 0.3 is 12.0 Å². The van der Waals surface area contributed by atoms with Crippen molar-refractivity contribution in [2.24, 2.45) is 0 Å². The van der Waals surface area contributed by atoms with Gasteiger partial charge in [-0.3, -0.25) is 0 Å². The number of carboxylic acids is 1. The number of hydrogen-bond acceptors (Lipinski definition) is 2. The molecular formula is C13H13Cl3N2O3. The van der Waals surface area contributed by atoms with Crippen LogP contribution in [0, 0.1) is 0 Å². The molecule has 1 atom stereocenters. The van der Waals surface area contributed by atoms with Crippen molar-refractivity contribution < 1.29 is 14.7 Å². The fourth-order valence-corrected chi connectivity index (χ4v) is 3.18. The summed E-state index contributed by atoms with van der Waals surface area (Å²) in [5.74, 6) is -1.02. The van der Waals surface area contributed by atoms with Crippen LogP contribution in [0.2, 0.25) is 15.1 Å². The lowest BCUT2D eigenvalue weighted by atomic mass is 10.0. The van der Waals surface area contributed by atoms with E-state index in [2.05, 4.69) is 5.32 Å². The summed E-state index contributed by atoms with van der Waals surface area (Å²) in [6.07, 6.45) is 1.98. The van der Waals surface area contributed by atoms with E-state index in [1.54, 1.807) is 0 Å². The van der Waals surface area contributed by atoms with Crippen molar-refractivity contribution >= 4 is 52.5 Å². The van der Waals surface area contributed by atoms with Crippen LogP contribution in [0.15, 0.2) is 12.1 Å². The van der Waals surface area contributed by atoms with Crippen LogP contribution in [-0.2, 0) is 4.79 Å². The number of aliphatic carboxylic acids is 1. The zero-order valence-electron chi connectivity index (χ0n) is 10.9. The van der Waals surface area contributed by atoms with Crippen LogP contribution in [0.5, 0.6) is 0 Å². The maximum atomic E-state index is 12.3. The van der Waals surface area contributed by atoms with Crippen molar-refractivity contribution in [2.45, 2.75) is 25.3 Å². The molecule has 0 aromatic heterocycles. The van der Waals surface area contributed by atoms with Gasteiger partial charge in [0, 0.05) is 11.6 Å². The van der Waals surface area contributed by atoms with Crippen molar-refractivity contribution in [1.82, 2.24) is 4.90 Å². The zero-order chi connectivity index (χ0) is 15.6. The standard InChI is InChI=1S/C13H13Cl3N2O3/c14-7-5-8(15)11(9(16)6-7)17-13(21)18-4-2-1-3-10(18)12(19)20/h5-6,10H,1-4H2,(H,17,21)(H,19,20). The summed E-state index contributed by atoms with van der Waals surface area (Å²) >= 11 is 17.8. The van der Waals surface area contributed by atoms with E-state index in [-0.39, 0.29) is 15.7 Å². The molecule has 114 valence electrons. The Balaban J connectivity index is 2.19. The van der Waals surface area contributed by atoms with Gasteiger partial charge in [-0.15, -0.1) is 0 Å². The van der Waals surface area contributed by atoms with Gasteiger partial charge in [0.05, 0.1) is 15.7 Å². The highest BCUT2D eigenvalue weighted by Crippen LogP contribution is 2.34. The van der Waals surface area contributed by atoms with Crippen molar-refractivity contribution in [3.8, 4) is 0 Å². The summed E-state index contributed by atoms with van der Waals surface area (Å²) in [6, 6.07) is 1.54. The number of rotatable bonds is 2. The Hall–Kier alpha value is -1.17. The summed E-state index contributed by atoms with van der Waals surface area (Å²) in [5.41, 5.74) is 0.224. The average Bonchev–Trinajstić information content (AvgIpc) is 2.42. The van der Waals surface area contributed by atoms with Crippen LogP contribution >= 0.6 is 34.8 Å². The Labute approximate surface area is 136 Å². The van der Waals surface area contributed by atoms with Crippen molar-refractivity contribution in [2.75, 3.05) is 11.9 Å². The number of carboxylic acid groups (broad SMARTS) is 1. The number of amides is 2. The second-order valence-electron chi connectivity index (χ2n) is 4.72. The molecule has 8 heteroatoms. The zero-order valence-corrected chi connectivity index (χ0v) is 13.2. The number of nitrogens with one attached hydrogen (secondary N) is 1. The van der Waals surface area contributed by atoms with E-state index in [1.165, 1.54) is 17.0 Å². The van der Waals surface area contributed by atoms with Crippen LogP contribution < -0.4 is 5.32 Å². The van der Waals surface area contributed by atoms with Crippen LogP contribution in [0.25, 0.3) is 0 Å². The number of carbonyl (C=O) groups excluding carboxylic acids is 1. The second kappa shape index (κ2) is 6.73. The van der Waals surface area contributed by atoms with Gasteiger partial charge in [0.2, 0.25) is 0 Å². The number of anilines is 1. The predicted octanol–water partition coefficient (Wildman–Crippen LogP) is 4.12. The minimum Gasteiger partial charge on any atom is -0.480 e. The van der Waals surface area contributed by atoms with E-state index >= 15 is 0 Å². The first-order chi connectivity index (χ1) is 9.90. The van der Waals surface area contributed by atoms with Gasteiger partial charge in [-0.1, -0.05) is 34.8 Å². The van der Waals surface area contributed by atoms with E-state index in [4.69, 9.17) is 34.8 Å².